The van der Waals surface area contributed by atoms with E-state index in [1.807, 2.05) is 7.11 Å². The number of hydrogen-bond acceptors (Lipinski definition) is 2. The van der Waals surface area contributed by atoms with Gasteiger partial charge in [0.1, 0.15) is 0 Å². The fourth-order valence-corrected chi connectivity index (χ4v) is 10.6. The van der Waals surface area contributed by atoms with Crippen molar-refractivity contribution in [3.8, 4) is 0 Å². The predicted molar refractivity (Wildman–Crippen MR) is 128 cm³/mol. The Bertz CT molecular complexity index is 688. The van der Waals surface area contributed by atoms with Gasteiger partial charge in [-0.1, -0.05) is 41.5 Å². The third-order valence-electron chi connectivity index (χ3n) is 12.9. The first-order valence-electron chi connectivity index (χ1n) is 13.8. The number of aliphatic hydroxyl groups excluding tert-OH is 1. The number of rotatable bonds is 6. The lowest BCUT2D eigenvalue weighted by molar-refractivity contribution is -0.162. The molecule has 1 N–H and O–H groups in total. The van der Waals surface area contributed by atoms with Crippen molar-refractivity contribution in [3.63, 3.8) is 0 Å². The van der Waals surface area contributed by atoms with Crippen molar-refractivity contribution < 1.29 is 9.84 Å². The summed E-state index contributed by atoms with van der Waals surface area (Å²) in [4.78, 5) is 0. The first-order chi connectivity index (χ1) is 14.6. The van der Waals surface area contributed by atoms with Crippen molar-refractivity contribution in [2.45, 2.75) is 112 Å². The van der Waals surface area contributed by atoms with Gasteiger partial charge in [-0.2, -0.15) is 0 Å². The second-order valence-electron chi connectivity index (χ2n) is 13.8. The Morgan fingerprint density at radius 2 is 1.71 bits per heavy atom. The third kappa shape index (κ3) is 2.95. The summed E-state index contributed by atoms with van der Waals surface area (Å²) >= 11 is 0. The van der Waals surface area contributed by atoms with Crippen molar-refractivity contribution in [1.29, 1.82) is 0 Å². The Kier molecular flexibility index (Phi) is 5.46. The number of aliphatic hydroxyl groups is 1. The maximum atomic E-state index is 11.2. The molecule has 0 saturated heterocycles. The SMILES string of the molecule is CO[C@@H]1C[C@H]2[C@@H]3CC[C@H]([C@H](C)[C@H](O)C[C@@H](C)C(C)C)[C@@]3(C)CC[C@@H]2[C@@]2(C)CC[C@H]3C[C@]312. The van der Waals surface area contributed by atoms with Crippen LogP contribution in [-0.4, -0.2) is 24.4 Å². The molecule has 0 radical (unpaired) electrons. The van der Waals surface area contributed by atoms with Gasteiger partial charge >= 0.3 is 0 Å². The van der Waals surface area contributed by atoms with Gasteiger partial charge in [0.25, 0.3) is 0 Å². The number of methoxy groups -OCH3 is 1. The summed E-state index contributed by atoms with van der Waals surface area (Å²) in [5, 5.41) is 11.2. The largest absolute Gasteiger partial charge is 0.393 e. The fourth-order valence-electron chi connectivity index (χ4n) is 10.6. The van der Waals surface area contributed by atoms with Gasteiger partial charge < -0.3 is 9.84 Å². The zero-order valence-electron chi connectivity index (χ0n) is 21.5. The minimum Gasteiger partial charge on any atom is -0.393 e. The topological polar surface area (TPSA) is 29.5 Å². The predicted octanol–water partition coefficient (Wildman–Crippen LogP) is 6.95. The van der Waals surface area contributed by atoms with Gasteiger partial charge in [-0.25, -0.2) is 0 Å². The van der Waals surface area contributed by atoms with Crippen LogP contribution in [0.4, 0.5) is 0 Å². The standard InChI is InChI=1S/C29H50O2/c1-17(2)18(3)14-25(30)19(4)22-8-9-23-21-15-26(31-7)29-16-20(29)10-13-28(29,6)24(21)11-12-27(22,23)5/h17-26,30H,8-16H2,1-7H3/t18-,19+,20+,21+,22-,23+,24+,25-,26-,27-,28-,29+/m1/s1. The molecular weight excluding hydrogens is 380 g/mol. The smallest absolute Gasteiger partial charge is 0.0638 e. The Morgan fingerprint density at radius 3 is 2.35 bits per heavy atom. The minimum absolute atomic E-state index is 0.142. The molecule has 5 saturated carbocycles. The van der Waals surface area contributed by atoms with E-state index in [1.165, 1.54) is 51.4 Å². The molecule has 0 aromatic rings. The van der Waals surface area contributed by atoms with Crippen LogP contribution in [-0.2, 0) is 4.74 Å². The monoisotopic (exact) mass is 430 g/mol. The zero-order valence-corrected chi connectivity index (χ0v) is 21.5. The molecule has 0 bridgehead atoms. The van der Waals surface area contributed by atoms with Gasteiger partial charge in [0.2, 0.25) is 0 Å². The highest BCUT2D eigenvalue weighted by atomic mass is 16.5. The minimum atomic E-state index is -0.142. The van der Waals surface area contributed by atoms with Crippen LogP contribution >= 0.6 is 0 Å². The van der Waals surface area contributed by atoms with E-state index in [2.05, 4.69) is 41.5 Å². The lowest BCUT2D eigenvalue weighted by Gasteiger charge is -2.61. The molecule has 5 fully saturated rings. The van der Waals surface area contributed by atoms with E-state index in [4.69, 9.17) is 4.74 Å². The van der Waals surface area contributed by atoms with E-state index in [-0.39, 0.29) is 6.10 Å². The number of ether oxygens (including phenoxy) is 1. The molecule has 2 heteroatoms. The van der Waals surface area contributed by atoms with E-state index < -0.39 is 0 Å². The average molecular weight is 431 g/mol. The number of hydrogen-bond donors (Lipinski definition) is 1. The molecule has 1 spiro atoms. The molecule has 5 aliphatic carbocycles. The van der Waals surface area contributed by atoms with E-state index in [0.717, 1.165) is 30.1 Å². The van der Waals surface area contributed by atoms with E-state index >= 15 is 0 Å². The first-order valence-corrected chi connectivity index (χ1v) is 13.8. The Hall–Kier alpha value is -0.0800. The van der Waals surface area contributed by atoms with Crippen LogP contribution in [0.3, 0.4) is 0 Å². The molecule has 2 nitrogen and oxygen atoms in total. The summed E-state index contributed by atoms with van der Waals surface area (Å²) in [6.07, 6.45) is 12.6. The number of fused-ring (bicyclic) bond motifs is 4. The van der Waals surface area contributed by atoms with Crippen LogP contribution in [0.1, 0.15) is 99.3 Å². The molecule has 0 aromatic heterocycles. The summed E-state index contributed by atoms with van der Waals surface area (Å²) in [6.45, 7) is 14.6. The molecule has 0 unspecified atom stereocenters. The van der Waals surface area contributed by atoms with Crippen LogP contribution in [0.25, 0.3) is 0 Å². The molecule has 0 aliphatic heterocycles. The Labute approximate surface area is 192 Å². The molecular formula is C29H50O2. The summed E-state index contributed by atoms with van der Waals surface area (Å²) in [5.41, 5.74) is 1.48. The Morgan fingerprint density at radius 1 is 0.968 bits per heavy atom. The molecule has 12 atom stereocenters. The summed E-state index contributed by atoms with van der Waals surface area (Å²) in [5.74, 6) is 5.95. The summed E-state index contributed by atoms with van der Waals surface area (Å²) in [6, 6.07) is 0. The van der Waals surface area contributed by atoms with E-state index in [1.54, 1.807) is 0 Å². The normalized spacial score (nSPS) is 53.3. The first kappa shape index (κ1) is 22.7. The molecule has 5 aliphatic rings. The quantitative estimate of drug-likeness (QED) is 0.494. The molecule has 5 rings (SSSR count). The van der Waals surface area contributed by atoms with Crippen LogP contribution in [0.15, 0.2) is 0 Å². The molecule has 0 aromatic carbocycles. The maximum Gasteiger partial charge on any atom is 0.0638 e. The highest BCUT2D eigenvalue weighted by Crippen LogP contribution is 2.82. The van der Waals surface area contributed by atoms with Crippen molar-refractivity contribution in [2.75, 3.05) is 7.11 Å². The van der Waals surface area contributed by atoms with Crippen LogP contribution in [0.2, 0.25) is 0 Å². The van der Waals surface area contributed by atoms with Crippen LogP contribution in [0, 0.1) is 63.6 Å². The summed E-state index contributed by atoms with van der Waals surface area (Å²) < 4.78 is 6.28. The highest BCUT2D eigenvalue weighted by molar-refractivity contribution is 5.26. The van der Waals surface area contributed by atoms with Gasteiger partial charge in [0.05, 0.1) is 12.2 Å². The van der Waals surface area contributed by atoms with Crippen molar-refractivity contribution >= 4 is 0 Å². The van der Waals surface area contributed by atoms with Crippen molar-refractivity contribution in [1.82, 2.24) is 0 Å². The fraction of sp³-hybridized carbons (Fsp3) is 1.00. The lowest BCUT2D eigenvalue weighted by Crippen LogP contribution is -2.57. The molecule has 31 heavy (non-hydrogen) atoms. The maximum absolute atomic E-state index is 11.2. The lowest BCUT2D eigenvalue weighted by atomic mass is 9.45. The van der Waals surface area contributed by atoms with Gasteiger partial charge in [0.15, 0.2) is 0 Å². The second-order valence-corrected chi connectivity index (χ2v) is 13.8. The van der Waals surface area contributed by atoms with E-state index in [9.17, 15) is 5.11 Å². The second kappa shape index (κ2) is 7.46. The van der Waals surface area contributed by atoms with Gasteiger partial charge in [-0.3, -0.25) is 0 Å². The van der Waals surface area contributed by atoms with Gasteiger partial charge in [-0.15, -0.1) is 0 Å². The van der Waals surface area contributed by atoms with E-state index in [0.29, 0.717) is 46.0 Å². The average Bonchev–Trinajstić information content (AvgIpc) is 3.24. The third-order valence-corrected chi connectivity index (χ3v) is 12.9. The molecule has 0 amide bonds. The molecule has 0 heterocycles. The zero-order chi connectivity index (χ0) is 22.3. The van der Waals surface area contributed by atoms with Gasteiger partial charge in [-0.05, 0) is 116 Å². The molecule has 178 valence electrons. The van der Waals surface area contributed by atoms with Crippen molar-refractivity contribution in [3.05, 3.63) is 0 Å². The van der Waals surface area contributed by atoms with Crippen LogP contribution in [0.5, 0.6) is 0 Å². The summed E-state index contributed by atoms with van der Waals surface area (Å²) in [7, 11) is 2.00. The Balaban J connectivity index is 1.37. The van der Waals surface area contributed by atoms with Crippen molar-refractivity contribution in [2.24, 2.45) is 63.6 Å². The highest BCUT2D eigenvalue weighted by Gasteiger charge is 2.77. The van der Waals surface area contributed by atoms with Gasteiger partial charge in [0, 0.05) is 12.5 Å². The van der Waals surface area contributed by atoms with Crippen LogP contribution < -0.4 is 0 Å².